The molecule has 0 aliphatic carbocycles. The molecule has 0 saturated carbocycles. The van der Waals surface area contributed by atoms with Crippen molar-refractivity contribution < 1.29 is 9.53 Å². The standard InChI is InChI=1S/C16H14O2/c17-13-15-10-4-5-11-16(15)18-12-6-9-14-7-2-1-3-8-14/h1-11,13H,12H2/b9-6+. The van der Waals surface area contributed by atoms with Crippen LogP contribution in [-0.2, 0) is 0 Å². The van der Waals surface area contributed by atoms with Crippen molar-refractivity contribution >= 4 is 12.4 Å². The lowest BCUT2D eigenvalue weighted by Gasteiger charge is -2.04. The Morgan fingerprint density at radius 1 is 0.944 bits per heavy atom. The Bertz CT molecular complexity index is 530. The molecule has 0 atom stereocenters. The Balaban J connectivity index is 1.92. The maximum Gasteiger partial charge on any atom is 0.153 e. The summed E-state index contributed by atoms with van der Waals surface area (Å²) in [5, 5.41) is 0. The first kappa shape index (κ1) is 12.1. The number of rotatable bonds is 5. The van der Waals surface area contributed by atoms with Crippen LogP contribution in [0.1, 0.15) is 15.9 Å². The third kappa shape index (κ3) is 3.32. The number of benzene rings is 2. The lowest BCUT2D eigenvalue weighted by atomic mass is 10.2. The fraction of sp³-hybridized carbons (Fsp3) is 0.0625. The van der Waals surface area contributed by atoms with E-state index < -0.39 is 0 Å². The molecule has 0 aliphatic rings. The first-order valence-corrected chi connectivity index (χ1v) is 5.79. The van der Waals surface area contributed by atoms with Crippen LogP contribution in [0.15, 0.2) is 60.7 Å². The second-order valence-corrected chi connectivity index (χ2v) is 3.78. The van der Waals surface area contributed by atoms with Gasteiger partial charge in [-0.2, -0.15) is 0 Å². The van der Waals surface area contributed by atoms with Gasteiger partial charge in [-0.3, -0.25) is 4.79 Å². The van der Waals surface area contributed by atoms with Crippen molar-refractivity contribution in [3.8, 4) is 5.75 Å². The van der Waals surface area contributed by atoms with Crippen LogP contribution >= 0.6 is 0 Å². The van der Waals surface area contributed by atoms with Crippen LogP contribution in [0.5, 0.6) is 5.75 Å². The van der Waals surface area contributed by atoms with Crippen molar-refractivity contribution in [2.75, 3.05) is 6.61 Å². The fourth-order valence-electron chi connectivity index (χ4n) is 1.60. The Labute approximate surface area is 107 Å². The van der Waals surface area contributed by atoms with Gasteiger partial charge < -0.3 is 4.74 Å². The molecule has 0 bridgehead atoms. The molecule has 90 valence electrons. The third-order valence-corrected chi connectivity index (χ3v) is 2.49. The molecule has 2 rings (SSSR count). The summed E-state index contributed by atoms with van der Waals surface area (Å²) in [4.78, 5) is 10.8. The third-order valence-electron chi connectivity index (χ3n) is 2.49. The zero-order chi connectivity index (χ0) is 12.6. The average Bonchev–Trinajstić information content (AvgIpc) is 2.45. The molecule has 2 nitrogen and oxygen atoms in total. The van der Waals surface area contributed by atoms with Gasteiger partial charge in [0.1, 0.15) is 12.4 Å². The molecule has 0 aromatic heterocycles. The number of hydrogen-bond donors (Lipinski definition) is 0. The summed E-state index contributed by atoms with van der Waals surface area (Å²) >= 11 is 0. The highest BCUT2D eigenvalue weighted by Gasteiger charge is 1.99. The van der Waals surface area contributed by atoms with Crippen molar-refractivity contribution in [1.29, 1.82) is 0 Å². The van der Waals surface area contributed by atoms with Crippen molar-refractivity contribution in [1.82, 2.24) is 0 Å². The molecular formula is C16H14O2. The fourth-order valence-corrected chi connectivity index (χ4v) is 1.60. The predicted octanol–water partition coefficient (Wildman–Crippen LogP) is 3.59. The molecule has 0 aliphatic heterocycles. The minimum Gasteiger partial charge on any atom is -0.489 e. The molecule has 2 heteroatoms. The van der Waals surface area contributed by atoms with E-state index in [0.29, 0.717) is 17.9 Å². The van der Waals surface area contributed by atoms with Crippen molar-refractivity contribution in [2.24, 2.45) is 0 Å². The van der Waals surface area contributed by atoms with E-state index in [4.69, 9.17) is 4.74 Å². The highest BCUT2D eigenvalue weighted by Crippen LogP contribution is 2.15. The zero-order valence-corrected chi connectivity index (χ0v) is 9.95. The van der Waals surface area contributed by atoms with Gasteiger partial charge in [0.05, 0.1) is 5.56 Å². The highest BCUT2D eigenvalue weighted by molar-refractivity contribution is 5.79. The van der Waals surface area contributed by atoms with Crippen molar-refractivity contribution in [3.63, 3.8) is 0 Å². The summed E-state index contributed by atoms with van der Waals surface area (Å²) in [5.74, 6) is 0.616. The average molecular weight is 238 g/mol. The monoisotopic (exact) mass is 238 g/mol. The van der Waals surface area contributed by atoms with Gasteiger partial charge >= 0.3 is 0 Å². The van der Waals surface area contributed by atoms with E-state index in [-0.39, 0.29) is 0 Å². The van der Waals surface area contributed by atoms with Gasteiger partial charge in [0.25, 0.3) is 0 Å². The lowest BCUT2D eigenvalue weighted by Crippen LogP contribution is -1.96. The quantitative estimate of drug-likeness (QED) is 0.744. The van der Waals surface area contributed by atoms with E-state index in [1.54, 1.807) is 12.1 Å². The van der Waals surface area contributed by atoms with Gasteiger partial charge in [-0.1, -0.05) is 48.5 Å². The molecule has 2 aromatic carbocycles. The molecular weight excluding hydrogens is 224 g/mol. The number of aldehydes is 1. The summed E-state index contributed by atoms with van der Waals surface area (Å²) < 4.78 is 5.53. The molecule has 2 aromatic rings. The molecule has 0 radical (unpaired) electrons. The molecule has 0 N–H and O–H groups in total. The lowest BCUT2D eigenvalue weighted by molar-refractivity contribution is 0.112. The van der Waals surface area contributed by atoms with Gasteiger partial charge in [0.15, 0.2) is 6.29 Å². The van der Waals surface area contributed by atoms with Crippen molar-refractivity contribution in [3.05, 3.63) is 71.8 Å². The van der Waals surface area contributed by atoms with Gasteiger partial charge in [-0.15, -0.1) is 0 Å². The summed E-state index contributed by atoms with van der Waals surface area (Å²) in [6.45, 7) is 0.444. The largest absolute Gasteiger partial charge is 0.489 e. The molecule has 18 heavy (non-hydrogen) atoms. The molecule has 0 heterocycles. The van der Waals surface area contributed by atoms with Crippen LogP contribution in [-0.4, -0.2) is 12.9 Å². The number of para-hydroxylation sites is 1. The van der Waals surface area contributed by atoms with Gasteiger partial charge in [-0.05, 0) is 23.8 Å². The first-order chi connectivity index (χ1) is 8.90. The first-order valence-electron chi connectivity index (χ1n) is 5.79. The Hall–Kier alpha value is -2.35. The van der Waals surface area contributed by atoms with Crippen LogP contribution in [0.25, 0.3) is 6.08 Å². The Kier molecular flexibility index (Phi) is 4.31. The Morgan fingerprint density at radius 2 is 1.67 bits per heavy atom. The minimum atomic E-state index is 0.444. The van der Waals surface area contributed by atoms with E-state index in [2.05, 4.69) is 0 Å². The topological polar surface area (TPSA) is 26.3 Å². The molecule has 0 unspecified atom stereocenters. The van der Waals surface area contributed by atoms with Gasteiger partial charge in [-0.25, -0.2) is 0 Å². The number of carbonyl (C=O) groups excluding carboxylic acids is 1. The van der Waals surface area contributed by atoms with Crippen molar-refractivity contribution in [2.45, 2.75) is 0 Å². The predicted molar refractivity (Wildman–Crippen MR) is 72.8 cm³/mol. The molecule has 0 fully saturated rings. The zero-order valence-electron chi connectivity index (χ0n) is 9.95. The second kappa shape index (κ2) is 6.40. The summed E-state index contributed by atoms with van der Waals surface area (Å²) in [6.07, 6.45) is 4.72. The van der Waals surface area contributed by atoms with Crippen LogP contribution in [0.3, 0.4) is 0 Å². The Morgan fingerprint density at radius 3 is 2.44 bits per heavy atom. The van der Waals surface area contributed by atoms with Gasteiger partial charge in [0.2, 0.25) is 0 Å². The van der Waals surface area contributed by atoms with Crippen LogP contribution in [0, 0.1) is 0 Å². The van der Waals surface area contributed by atoms with E-state index in [1.807, 2.05) is 54.6 Å². The maximum absolute atomic E-state index is 10.8. The smallest absolute Gasteiger partial charge is 0.153 e. The SMILES string of the molecule is O=Cc1ccccc1OC/C=C/c1ccccc1. The number of carbonyl (C=O) groups is 1. The second-order valence-electron chi connectivity index (χ2n) is 3.78. The normalized spacial score (nSPS) is 10.4. The summed E-state index contributed by atoms with van der Waals surface area (Å²) in [6, 6.07) is 17.2. The van der Waals surface area contributed by atoms with Crippen LogP contribution < -0.4 is 4.74 Å². The number of hydrogen-bond acceptors (Lipinski definition) is 2. The van der Waals surface area contributed by atoms with E-state index in [1.165, 1.54) is 0 Å². The van der Waals surface area contributed by atoms with Crippen LogP contribution in [0.4, 0.5) is 0 Å². The molecule has 0 spiro atoms. The van der Waals surface area contributed by atoms with E-state index in [0.717, 1.165) is 11.8 Å². The van der Waals surface area contributed by atoms with Crippen LogP contribution in [0.2, 0.25) is 0 Å². The maximum atomic E-state index is 10.8. The molecule has 0 amide bonds. The van der Waals surface area contributed by atoms with E-state index >= 15 is 0 Å². The highest BCUT2D eigenvalue weighted by atomic mass is 16.5. The molecule has 0 saturated heterocycles. The minimum absolute atomic E-state index is 0.444. The summed E-state index contributed by atoms with van der Waals surface area (Å²) in [7, 11) is 0. The van der Waals surface area contributed by atoms with Gasteiger partial charge in [0, 0.05) is 0 Å². The number of ether oxygens (including phenoxy) is 1. The summed E-state index contributed by atoms with van der Waals surface area (Å²) in [5.41, 5.74) is 1.70. The van der Waals surface area contributed by atoms with E-state index in [9.17, 15) is 4.79 Å².